The molecule has 10 heavy (non-hydrogen) atoms. The molecule has 0 saturated carbocycles. The van der Waals surface area contributed by atoms with Crippen molar-refractivity contribution in [1.29, 1.82) is 0 Å². The Hall–Kier alpha value is -0.790. The SMILES string of the molecule is CC=CC(C)(CC)C(=O)O. The largest absolute Gasteiger partial charge is 0.481 e. The van der Waals surface area contributed by atoms with E-state index < -0.39 is 11.4 Å². The Morgan fingerprint density at radius 3 is 2.30 bits per heavy atom. The molecular formula is C8H14O2. The van der Waals surface area contributed by atoms with Crippen LogP contribution in [0.15, 0.2) is 12.2 Å². The number of allylic oxidation sites excluding steroid dienone is 1. The van der Waals surface area contributed by atoms with Gasteiger partial charge in [-0.3, -0.25) is 4.79 Å². The first-order valence-corrected chi connectivity index (χ1v) is 3.44. The summed E-state index contributed by atoms with van der Waals surface area (Å²) in [6, 6.07) is 0. The monoisotopic (exact) mass is 142 g/mol. The Kier molecular flexibility index (Phi) is 3.13. The maximum Gasteiger partial charge on any atom is 0.313 e. The highest BCUT2D eigenvalue weighted by molar-refractivity contribution is 5.76. The van der Waals surface area contributed by atoms with Crippen LogP contribution in [0.25, 0.3) is 0 Å². The van der Waals surface area contributed by atoms with Crippen LogP contribution in [0.1, 0.15) is 27.2 Å². The number of carbonyl (C=O) groups is 1. The van der Waals surface area contributed by atoms with E-state index in [0.717, 1.165) is 0 Å². The maximum atomic E-state index is 10.6. The summed E-state index contributed by atoms with van der Waals surface area (Å²) in [6.07, 6.45) is 4.12. The molecule has 1 N–H and O–H groups in total. The second kappa shape index (κ2) is 3.40. The van der Waals surface area contributed by atoms with Crippen LogP contribution in [-0.4, -0.2) is 11.1 Å². The minimum atomic E-state index is -0.756. The molecule has 1 atom stereocenters. The normalized spacial score (nSPS) is 17.1. The molecule has 0 bridgehead atoms. The fraction of sp³-hybridized carbons (Fsp3) is 0.625. The van der Waals surface area contributed by atoms with Crippen LogP contribution in [0.2, 0.25) is 0 Å². The molecule has 0 spiro atoms. The molecule has 0 aromatic carbocycles. The zero-order chi connectivity index (χ0) is 8.20. The van der Waals surface area contributed by atoms with Crippen molar-refractivity contribution < 1.29 is 9.90 Å². The number of hydrogen-bond donors (Lipinski definition) is 1. The van der Waals surface area contributed by atoms with Gasteiger partial charge in [0, 0.05) is 0 Å². The highest BCUT2D eigenvalue weighted by atomic mass is 16.4. The zero-order valence-corrected chi connectivity index (χ0v) is 6.72. The zero-order valence-electron chi connectivity index (χ0n) is 6.72. The van der Waals surface area contributed by atoms with Crippen LogP contribution in [0.5, 0.6) is 0 Å². The number of rotatable bonds is 3. The summed E-state index contributed by atoms with van der Waals surface area (Å²) in [4.78, 5) is 10.6. The second-order valence-corrected chi connectivity index (χ2v) is 2.58. The van der Waals surface area contributed by atoms with Gasteiger partial charge in [-0.05, 0) is 20.3 Å². The van der Waals surface area contributed by atoms with Crippen LogP contribution in [0.3, 0.4) is 0 Å². The third-order valence-electron chi connectivity index (χ3n) is 1.76. The van der Waals surface area contributed by atoms with Crippen LogP contribution >= 0.6 is 0 Å². The predicted octanol–water partition coefficient (Wildman–Crippen LogP) is 2.06. The summed E-state index contributed by atoms with van der Waals surface area (Å²) in [5, 5.41) is 8.71. The Morgan fingerprint density at radius 1 is 1.70 bits per heavy atom. The lowest BCUT2D eigenvalue weighted by Gasteiger charge is -2.17. The van der Waals surface area contributed by atoms with Gasteiger partial charge >= 0.3 is 5.97 Å². The second-order valence-electron chi connectivity index (χ2n) is 2.58. The van der Waals surface area contributed by atoms with E-state index in [1.54, 1.807) is 19.1 Å². The maximum absolute atomic E-state index is 10.6. The molecule has 0 rings (SSSR count). The Bertz CT molecular complexity index is 149. The fourth-order valence-corrected chi connectivity index (χ4v) is 0.708. The highest BCUT2D eigenvalue weighted by Crippen LogP contribution is 2.22. The molecule has 0 amide bonds. The third kappa shape index (κ3) is 1.87. The summed E-state index contributed by atoms with van der Waals surface area (Å²) in [6.45, 7) is 5.42. The molecule has 0 fully saturated rings. The van der Waals surface area contributed by atoms with Crippen LogP contribution in [-0.2, 0) is 4.79 Å². The molecule has 0 aliphatic heterocycles. The van der Waals surface area contributed by atoms with Crippen molar-refractivity contribution in [1.82, 2.24) is 0 Å². The first kappa shape index (κ1) is 9.21. The Labute approximate surface area is 61.6 Å². The molecule has 2 heteroatoms. The fourth-order valence-electron chi connectivity index (χ4n) is 0.708. The Balaban J connectivity index is 4.38. The van der Waals surface area contributed by atoms with Gasteiger partial charge in [0.1, 0.15) is 0 Å². The van der Waals surface area contributed by atoms with Gasteiger partial charge in [0.05, 0.1) is 5.41 Å². The molecule has 58 valence electrons. The van der Waals surface area contributed by atoms with E-state index in [1.807, 2.05) is 13.8 Å². The molecule has 0 aliphatic carbocycles. The van der Waals surface area contributed by atoms with E-state index >= 15 is 0 Å². The Morgan fingerprint density at radius 2 is 2.20 bits per heavy atom. The summed E-state index contributed by atoms with van der Waals surface area (Å²) in [5.74, 6) is -0.756. The van der Waals surface area contributed by atoms with Crippen molar-refractivity contribution in [2.75, 3.05) is 0 Å². The van der Waals surface area contributed by atoms with Crippen molar-refractivity contribution >= 4 is 5.97 Å². The first-order chi connectivity index (χ1) is 4.56. The summed E-state index contributed by atoms with van der Waals surface area (Å²) >= 11 is 0. The van der Waals surface area contributed by atoms with Gasteiger partial charge in [-0.25, -0.2) is 0 Å². The molecule has 0 heterocycles. The topological polar surface area (TPSA) is 37.3 Å². The van der Waals surface area contributed by atoms with Gasteiger partial charge in [0.2, 0.25) is 0 Å². The lowest BCUT2D eigenvalue weighted by Crippen LogP contribution is -2.23. The smallest absolute Gasteiger partial charge is 0.313 e. The molecule has 0 aliphatic rings. The molecule has 0 saturated heterocycles. The van der Waals surface area contributed by atoms with E-state index in [2.05, 4.69) is 0 Å². The van der Waals surface area contributed by atoms with Crippen molar-refractivity contribution in [2.24, 2.45) is 5.41 Å². The quantitative estimate of drug-likeness (QED) is 0.612. The summed E-state index contributed by atoms with van der Waals surface area (Å²) in [5.41, 5.74) is -0.672. The molecule has 1 unspecified atom stereocenters. The van der Waals surface area contributed by atoms with Gasteiger partial charge in [-0.15, -0.1) is 0 Å². The highest BCUT2D eigenvalue weighted by Gasteiger charge is 2.26. The van der Waals surface area contributed by atoms with Gasteiger partial charge in [-0.2, -0.15) is 0 Å². The van der Waals surface area contributed by atoms with Crippen molar-refractivity contribution in [3.05, 3.63) is 12.2 Å². The molecule has 0 radical (unpaired) electrons. The average Bonchev–Trinajstić information content (AvgIpc) is 1.88. The number of carboxylic acid groups (broad SMARTS) is 1. The van der Waals surface area contributed by atoms with E-state index in [1.165, 1.54) is 0 Å². The summed E-state index contributed by atoms with van der Waals surface area (Å²) in [7, 11) is 0. The lowest BCUT2D eigenvalue weighted by atomic mass is 9.87. The van der Waals surface area contributed by atoms with Gasteiger partial charge in [0.25, 0.3) is 0 Å². The number of aliphatic carboxylic acids is 1. The summed E-state index contributed by atoms with van der Waals surface area (Å²) < 4.78 is 0. The van der Waals surface area contributed by atoms with Crippen molar-refractivity contribution in [3.63, 3.8) is 0 Å². The average molecular weight is 142 g/mol. The van der Waals surface area contributed by atoms with Crippen LogP contribution < -0.4 is 0 Å². The van der Waals surface area contributed by atoms with Crippen LogP contribution in [0.4, 0.5) is 0 Å². The minimum absolute atomic E-state index is 0.632. The van der Waals surface area contributed by atoms with Gasteiger partial charge in [0.15, 0.2) is 0 Å². The third-order valence-corrected chi connectivity index (χ3v) is 1.76. The first-order valence-electron chi connectivity index (χ1n) is 3.44. The number of carboxylic acids is 1. The van der Waals surface area contributed by atoms with E-state index in [4.69, 9.17) is 5.11 Å². The molecule has 0 aromatic rings. The predicted molar refractivity (Wildman–Crippen MR) is 40.8 cm³/mol. The molecular weight excluding hydrogens is 128 g/mol. The van der Waals surface area contributed by atoms with Crippen LogP contribution in [0, 0.1) is 5.41 Å². The minimum Gasteiger partial charge on any atom is -0.481 e. The van der Waals surface area contributed by atoms with Gasteiger partial charge < -0.3 is 5.11 Å². The lowest BCUT2D eigenvalue weighted by molar-refractivity contribution is -0.145. The van der Waals surface area contributed by atoms with Crippen molar-refractivity contribution in [2.45, 2.75) is 27.2 Å². The molecule has 0 aromatic heterocycles. The van der Waals surface area contributed by atoms with E-state index in [-0.39, 0.29) is 0 Å². The number of hydrogen-bond acceptors (Lipinski definition) is 1. The van der Waals surface area contributed by atoms with E-state index in [9.17, 15) is 4.79 Å². The molecule has 2 nitrogen and oxygen atoms in total. The standard InChI is InChI=1S/C8H14O2/c1-4-6-8(3,5-2)7(9)10/h4,6H,5H2,1-3H3,(H,9,10). The van der Waals surface area contributed by atoms with E-state index in [0.29, 0.717) is 6.42 Å². The van der Waals surface area contributed by atoms with Gasteiger partial charge in [-0.1, -0.05) is 19.1 Å². The van der Waals surface area contributed by atoms with Crippen molar-refractivity contribution in [3.8, 4) is 0 Å².